The summed E-state index contributed by atoms with van der Waals surface area (Å²) < 4.78 is 36.2. The minimum absolute atomic E-state index is 0.146. The lowest BCUT2D eigenvalue weighted by Gasteiger charge is -2.40. The standard InChI is InChI=1S/C21H23NO4S/c1-27(23,24)17-11-12-22(14-16-7-3-2-4-8-16)18(13-17)21-15-25-19-9-5-6-10-20(19)26-21/h2-10,15,17-18H,11-14H2,1H3. The van der Waals surface area contributed by atoms with E-state index in [0.29, 0.717) is 36.6 Å². The lowest BCUT2D eigenvalue weighted by molar-refractivity contribution is 0.124. The predicted octanol–water partition coefficient (Wildman–Crippen LogP) is 3.38. The van der Waals surface area contributed by atoms with Gasteiger partial charge in [0.2, 0.25) is 0 Å². The molecule has 1 saturated heterocycles. The molecule has 1 fully saturated rings. The van der Waals surface area contributed by atoms with Crippen LogP contribution in [-0.2, 0) is 16.4 Å². The first-order valence-corrected chi connectivity index (χ1v) is 11.1. The second kappa shape index (κ2) is 7.37. The molecule has 0 aliphatic carbocycles. The van der Waals surface area contributed by atoms with Gasteiger partial charge < -0.3 is 9.47 Å². The molecular weight excluding hydrogens is 362 g/mol. The van der Waals surface area contributed by atoms with E-state index in [4.69, 9.17) is 9.47 Å². The van der Waals surface area contributed by atoms with Crippen LogP contribution in [0, 0.1) is 0 Å². The zero-order valence-electron chi connectivity index (χ0n) is 15.2. The van der Waals surface area contributed by atoms with Crippen LogP contribution in [0.5, 0.6) is 11.5 Å². The first kappa shape index (κ1) is 18.1. The molecule has 6 heteroatoms. The second-order valence-corrected chi connectivity index (χ2v) is 9.46. The summed E-state index contributed by atoms with van der Waals surface area (Å²) in [5.41, 5.74) is 1.19. The zero-order chi connectivity index (χ0) is 18.9. The number of fused-ring (bicyclic) bond motifs is 1. The van der Waals surface area contributed by atoms with Crippen molar-refractivity contribution in [1.82, 2.24) is 4.90 Å². The molecule has 142 valence electrons. The Morgan fingerprint density at radius 1 is 1.04 bits per heavy atom. The third-order valence-electron chi connectivity index (χ3n) is 5.21. The molecule has 2 heterocycles. The van der Waals surface area contributed by atoms with Gasteiger partial charge in [-0.25, -0.2) is 8.42 Å². The number of piperidine rings is 1. The van der Waals surface area contributed by atoms with E-state index in [9.17, 15) is 8.42 Å². The summed E-state index contributed by atoms with van der Waals surface area (Å²) in [4.78, 5) is 2.28. The molecule has 0 radical (unpaired) electrons. The van der Waals surface area contributed by atoms with E-state index in [0.717, 1.165) is 6.54 Å². The molecule has 2 aromatic rings. The van der Waals surface area contributed by atoms with Gasteiger partial charge in [-0.1, -0.05) is 42.5 Å². The molecule has 0 amide bonds. The van der Waals surface area contributed by atoms with E-state index in [-0.39, 0.29) is 11.3 Å². The van der Waals surface area contributed by atoms with Crippen LogP contribution in [0.2, 0.25) is 0 Å². The molecule has 2 aliphatic heterocycles. The molecule has 27 heavy (non-hydrogen) atoms. The predicted molar refractivity (Wildman–Crippen MR) is 104 cm³/mol. The lowest BCUT2D eigenvalue weighted by Crippen LogP contribution is -2.48. The molecule has 2 unspecified atom stereocenters. The summed E-state index contributed by atoms with van der Waals surface area (Å²) >= 11 is 0. The summed E-state index contributed by atoms with van der Waals surface area (Å²) in [7, 11) is -3.10. The molecule has 0 saturated carbocycles. The Morgan fingerprint density at radius 3 is 2.48 bits per heavy atom. The van der Waals surface area contributed by atoms with Crippen molar-refractivity contribution in [1.29, 1.82) is 0 Å². The molecule has 4 rings (SSSR count). The molecule has 2 aromatic carbocycles. The fraction of sp³-hybridized carbons (Fsp3) is 0.333. The van der Waals surface area contributed by atoms with Crippen LogP contribution in [0.3, 0.4) is 0 Å². The van der Waals surface area contributed by atoms with E-state index in [1.807, 2.05) is 42.5 Å². The molecule has 0 spiro atoms. The maximum absolute atomic E-state index is 12.2. The number of likely N-dealkylation sites (tertiary alicyclic amines) is 1. The first-order valence-electron chi connectivity index (χ1n) is 9.11. The Balaban J connectivity index is 1.60. The Morgan fingerprint density at radius 2 is 1.74 bits per heavy atom. The molecule has 2 aliphatic rings. The smallest absolute Gasteiger partial charge is 0.169 e. The maximum Gasteiger partial charge on any atom is 0.169 e. The van der Waals surface area contributed by atoms with Crippen LogP contribution in [0.25, 0.3) is 0 Å². The van der Waals surface area contributed by atoms with E-state index in [1.165, 1.54) is 11.8 Å². The quantitative estimate of drug-likeness (QED) is 0.808. The van der Waals surface area contributed by atoms with Gasteiger partial charge in [0.05, 0.1) is 11.3 Å². The van der Waals surface area contributed by atoms with Crippen molar-refractivity contribution in [2.75, 3.05) is 12.8 Å². The highest BCUT2D eigenvalue weighted by atomic mass is 32.2. The molecular formula is C21H23NO4S. The first-order chi connectivity index (χ1) is 13.0. The van der Waals surface area contributed by atoms with Crippen LogP contribution in [0.1, 0.15) is 18.4 Å². The van der Waals surface area contributed by atoms with Gasteiger partial charge in [-0.15, -0.1) is 0 Å². The Hall–Kier alpha value is -2.31. The number of benzene rings is 2. The van der Waals surface area contributed by atoms with Gasteiger partial charge in [0.1, 0.15) is 16.1 Å². The van der Waals surface area contributed by atoms with Gasteiger partial charge in [-0.05, 0) is 30.5 Å². The molecule has 0 N–H and O–H groups in total. The zero-order valence-corrected chi connectivity index (χ0v) is 16.1. The van der Waals surface area contributed by atoms with Crippen LogP contribution in [0.4, 0.5) is 0 Å². The average molecular weight is 385 g/mol. The number of ether oxygens (including phenoxy) is 2. The summed E-state index contributed by atoms with van der Waals surface area (Å²) in [6.07, 6.45) is 4.08. The van der Waals surface area contributed by atoms with Crippen molar-refractivity contribution in [3.8, 4) is 11.5 Å². The Bertz CT molecular complexity index is 940. The van der Waals surface area contributed by atoms with Gasteiger partial charge in [0, 0.05) is 19.3 Å². The van der Waals surface area contributed by atoms with Crippen LogP contribution >= 0.6 is 0 Å². The van der Waals surface area contributed by atoms with E-state index >= 15 is 0 Å². The number of nitrogens with zero attached hydrogens (tertiary/aromatic N) is 1. The number of para-hydroxylation sites is 2. The van der Waals surface area contributed by atoms with Gasteiger partial charge in [0.25, 0.3) is 0 Å². The SMILES string of the molecule is CS(=O)(=O)C1CCN(Cc2ccccc2)C(C2=COc3ccccc3O2)C1. The Kier molecular flexibility index (Phi) is 4.93. The van der Waals surface area contributed by atoms with Crippen molar-refractivity contribution < 1.29 is 17.9 Å². The number of sulfone groups is 1. The second-order valence-electron chi connectivity index (χ2n) is 7.13. The van der Waals surface area contributed by atoms with Gasteiger partial charge in [-0.3, -0.25) is 4.90 Å². The minimum Gasteiger partial charge on any atom is -0.457 e. The lowest BCUT2D eigenvalue weighted by atomic mass is 9.99. The fourth-order valence-corrected chi connectivity index (χ4v) is 4.79. The van der Waals surface area contributed by atoms with Crippen molar-refractivity contribution >= 4 is 9.84 Å². The van der Waals surface area contributed by atoms with Crippen molar-refractivity contribution in [2.45, 2.75) is 30.7 Å². The highest BCUT2D eigenvalue weighted by Gasteiger charge is 2.37. The summed E-state index contributed by atoms with van der Waals surface area (Å²) in [6.45, 7) is 1.43. The summed E-state index contributed by atoms with van der Waals surface area (Å²) in [5, 5.41) is -0.365. The number of rotatable bonds is 4. The largest absolute Gasteiger partial charge is 0.457 e. The number of hydrogen-bond donors (Lipinski definition) is 0. The fourth-order valence-electron chi connectivity index (χ4n) is 3.72. The molecule has 5 nitrogen and oxygen atoms in total. The third-order valence-corrected chi connectivity index (χ3v) is 6.85. The summed E-state index contributed by atoms with van der Waals surface area (Å²) in [5.74, 6) is 2.00. The molecule has 2 atom stereocenters. The topological polar surface area (TPSA) is 55.8 Å². The third kappa shape index (κ3) is 4.01. The Labute approximate surface area is 160 Å². The molecule has 0 bridgehead atoms. The molecule has 0 aromatic heterocycles. The van der Waals surface area contributed by atoms with Crippen molar-refractivity contribution in [3.05, 3.63) is 72.2 Å². The van der Waals surface area contributed by atoms with Crippen molar-refractivity contribution in [3.63, 3.8) is 0 Å². The summed E-state index contributed by atoms with van der Waals surface area (Å²) in [6, 6.07) is 17.6. The van der Waals surface area contributed by atoms with E-state index < -0.39 is 9.84 Å². The van der Waals surface area contributed by atoms with E-state index in [2.05, 4.69) is 17.0 Å². The average Bonchev–Trinajstić information content (AvgIpc) is 2.68. The maximum atomic E-state index is 12.2. The van der Waals surface area contributed by atoms with E-state index in [1.54, 1.807) is 6.26 Å². The van der Waals surface area contributed by atoms with Gasteiger partial charge in [-0.2, -0.15) is 0 Å². The van der Waals surface area contributed by atoms with Crippen LogP contribution < -0.4 is 9.47 Å². The van der Waals surface area contributed by atoms with Gasteiger partial charge in [0.15, 0.2) is 17.3 Å². The highest BCUT2D eigenvalue weighted by Crippen LogP contribution is 2.36. The minimum atomic E-state index is -3.10. The normalized spacial score (nSPS) is 22.9. The van der Waals surface area contributed by atoms with Gasteiger partial charge >= 0.3 is 0 Å². The highest BCUT2D eigenvalue weighted by molar-refractivity contribution is 7.91. The van der Waals surface area contributed by atoms with Crippen LogP contribution in [-0.4, -0.2) is 37.4 Å². The van der Waals surface area contributed by atoms with Crippen molar-refractivity contribution in [2.24, 2.45) is 0 Å². The van der Waals surface area contributed by atoms with Crippen LogP contribution in [0.15, 0.2) is 66.6 Å². The monoisotopic (exact) mass is 385 g/mol. The number of hydrogen-bond acceptors (Lipinski definition) is 5.